The first-order valence-electron chi connectivity index (χ1n) is 7.96. The Bertz CT molecular complexity index is 746. The Hall–Kier alpha value is -2.43. The number of aromatic nitrogens is 1. The third-order valence-electron chi connectivity index (χ3n) is 4.17. The van der Waals surface area contributed by atoms with Crippen LogP contribution in [0.5, 0.6) is 0 Å². The fraction of sp³-hybridized carbons (Fsp3) is 0.389. The number of rotatable bonds is 5. The minimum atomic E-state index is -0.911. The lowest BCUT2D eigenvalue weighted by atomic mass is 10.0. The number of hydrogen-bond donors (Lipinski definition) is 2. The predicted octanol–water partition coefficient (Wildman–Crippen LogP) is 2.73. The van der Waals surface area contributed by atoms with Crippen LogP contribution in [-0.2, 0) is 9.59 Å². The van der Waals surface area contributed by atoms with Gasteiger partial charge in [0.05, 0.1) is 11.2 Å². The van der Waals surface area contributed by atoms with Gasteiger partial charge in [0.15, 0.2) is 0 Å². The number of nitrogens with one attached hydrogen (secondary N) is 2. The van der Waals surface area contributed by atoms with Crippen LogP contribution in [-0.4, -0.2) is 23.3 Å². The molecule has 1 aliphatic rings. The highest BCUT2D eigenvalue weighted by Crippen LogP contribution is 2.47. The molecule has 1 saturated carbocycles. The lowest BCUT2D eigenvalue weighted by Crippen LogP contribution is -2.41. The Balaban J connectivity index is 1.77. The van der Waals surface area contributed by atoms with Crippen LogP contribution in [0.25, 0.3) is 10.9 Å². The molecule has 0 radical (unpaired) electrons. The number of nitrogens with zero attached hydrogens (tertiary/aromatic N) is 1. The summed E-state index contributed by atoms with van der Waals surface area (Å²) < 4.78 is 0. The highest BCUT2D eigenvalue weighted by Gasteiger charge is 2.56. The maximum atomic E-state index is 12.6. The zero-order valence-electron chi connectivity index (χ0n) is 13.4. The van der Waals surface area contributed by atoms with E-state index in [0.717, 1.165) is 10.9 Å². The molecular formula is C18H21N3O2. The van der Waals surface area contributed by atoms with Gasteiger partial charge in [-0.05, 0) is 30.9 Å². The van der Waals surface area contributed by atoms with Crippen LogP contribution in [0.15, 0.2) is 36.5 Å². The zero-order valence-corrected chi connectivity index (χ0v) is 13.4. The highest BCUT2D eigenvalue weighted by molar-refractivity contribution is 6.14. The van der Waals surface area contributed by atoms with Gasteiger partial charge in [-0.1, -0.05) is 32.0 Å². The van der Waals surface area contributed by atoms with Gasteiger partial charge in [0, 0.05) is 18.1 Å². The van der Waals surface area contributed by atoms with Crippen molar-refractivity contribution in [3.8, 4) is 0 Å². The Morgan fingerprint density at radius 3 is 2.61 bits per heavy atom. The topological polar surface area (TPSA) is 71.1 Å². The molecule has 0 bridgehead atoms. The van der Waals surface area contributed by atoms with E-state index in [2.05, 4.69) is 15.6 Å². The van der Waals surface area contributed by atoms with Crippen molar-refractivity contribution in [2.75, 3.05) is 11.9 Å². The molecule has 3 rings (SSSR count). The molecular weight excluding hydrogens is 290 g/mol. The molecule has 1 heterocycles. The van der Waals surface area contributed by atoms with Gasteiger partial charge in [0.25, 0.3) is 0 Å². The van der Waals surface area contributed by atoms with Crippen molar-refractivity contribution in [1.29, 1.82) is 0 Å². The largest absolute Gasteiger partial charge is 0.355 e. The van der Waals surface area contributed by atoms with Crippen LogP contribution < -0.4 is 10.6 Å². The Labute approximate surface area is 135 Å². The molecule has 23 heavy (non-hydrogen) atoms. The molecule has 1 aliphatic carbocycles. The van der Waals surface area contributed by atoms with Crippen molar-refractivity contribution < 1.29 is 9.59 Å². The molecule has 2 aromatic rings. The number of carbonyl (C=O) groups is 2. The van der Waals surface area contributed by atoms with Gasteiger partial charge in [0.2, 0.25) is 11.8 Å². The highest BCUT2D eigenvalue weighted by atomic mass is 16.2. The van der Waals surface area contributed by atoms with E-state index in [0.29, 0.717) is 31.0 Å². The third kappa shape index (κ3) is 3.04. The summed E-state index contributed by atoms with van der Waals surface area (Å²) in [5.41, 5.74) is 0.476. The normalized spacial score (nSPS) is 15.4. The third-order valence-corrected chi connectivity index (χ3v) is 4.17. The van der Waals surface area contributed by atoms with E-state index in [-0.39, 0.29) is 11.8 Å². The summed E-state index contributed by atoms with van der Waals surface area (Å²) in [4.78, 5) is 29.3. The van der Waals surface area contributed by atoms with Crippen molar-refractivity contribution in [3.05, 3.63) is 36.5 Å². The average Bonchev–Trinajstić information content (AvgIpc) is 3.35. The van der Waals surface area contributed by atoms with Gasteiger partial charge in [-0.25, -0.2) is 0 Å². The van der Waals surface area contributed by atoms with Crippen molar-refractivity contribution >= 4 is 28.4 Å². The predicted molar refractivity (Wildman–Crippen MR) is 89.9 cm³/mol. The molecule has 5 heteroatoms. The van der Waals surface area contributed by atoms with E-state index in [1.165, 1.54) is 0 Å². The van der Waals surface area contributed by atoms with Crippen LogP contribution in [0.1, 0.15) is 26.7 Å². The maximum absolute atomic E-state index is 12.6. The number of benzene rings is 1. The van der Waals surface area contributed by atoms with Crippen LogP contribution in [0.2, 0.25) is 0 Å². The van der Waals surface area contributed by atoms with Crippen LogP contribution in [0, 0.1) is 11.3 Å². The van der Waals surface area contributed by atoms with Gasteiger partial charge >= 0.3 is 0 Å². The number of fused-ring (bicyclic) bond motifs is 1. The average molecular weight is 311 g/mol. The summed E-state index contributed by atoms with van der Waals surface area (Å²) in [6.07, 6.45) is 2.89. The lowest BCUT2D eigenvalue weighted by Gasteiger charge is -2.17. The lowest BCUT2D eigenvalue weighted by molar-refractivity contribution is -0.134. The molecule has 1 aromatic heterocycles. The SMILES string of the molecule is CC(C)CNC(=O)C1(C(=O)Nc2cccc3cccnc23)CC1. The van der Waals surface area contributed by atoms with Gasteiger partial charge in [-0.3, -0.25) is 14.6 Å². The number of carbonyl (C=O) groups excluding carboxylic acids is 2. The van der Waals surface area contributed by atoms with E-state index in [1.807, 2.05) is 44.2 Å². The molecule has 2 N–H and O–H groups in total. The van der Waals surface area contributed by atoms with Gasteiger partial charge < -0.3 is 10.6 Å². The van der Waals surface area contributed by atoms with Crippen molar-refractivity contribution in [2.24, 2.45) is 11.3 Å². The number of pyridine rings is 1. The second-order valence-electron chi connectivity index (χ2n) is 6.52. The van der Waals surface area contributed by atoms with E-state index < -0.39 is 5.41 Å². The van der Waals surface area contributed by atoms with Crippen molar-refractivity contribution in [2.45, 2.75) is 26.7 Å². The molecule has 0 unspecified atom stereocenters. The minimum absolute atomic E-state index is 0.170. The first-order chi connectivity index (χ1) is 11.0. The summed E-state index contributed by atoms with van der Waals surface area (Å²) in [5, 5.41) is 6.73. The molecule has 1 aromatic carbocycles. The van der Waals surface area contributed by atoms with Crippen molar-refractivity contribution in [1.82, 2.24) is 10.3 Å². The monoisotopic (exact) mass is 311 g/mol. The zero-order chi connectivity index (χ0) is 16.4. The molecule has 0 saturated heterocycles. The van der Waals surface area contributed by atoms with Gasteiger partial charge in [0.1, 0.15) is 5.41 Å². The fourth-order valence-corrected chi connectivity index (χ4v) is 2.60. The smallest absolute Gasteiger partial charge is 0.240 e. The maximum Gasteiger partial charge on any atom is 0.240 e. The Kier molecular flexibility index (Phi) is 4.03. The number of anilines is 1. The van der Waals surface area contributed by atoms with Gasteiger partial charge in [-0.15, -0.1) is 0 Å². The number of hydrogen-bond acceptors (Lipinski definition) is 3. The number of para-hydroxylation sites is 1. The summed E-state index contributed by atoms with van der Waals surface area (Å²) in [6.45, 7) is 4.65. The van der Waals surface area contributed by atoms with Crippen LogP contribution >= 0.6 is 0 Å². The summed E-state index contributed by atoms with van der Waals surface area (Å²) >= 11 is 0. The molecule has 120 valence electrons. The van der Waals surface area contributed by atoms with Crippen molar-refractivity contribution in [3.63, 3.8) is 0 Å². The molecule has 1 fully saturated rings. The van der Waals surface area contributed by atoms with E-state index in [1.54, 1.807) is 6.20 Å². The number of amides is 2. The molecule has 0 spiro atoms. The molecule has 2 amide bonds. The molecule has 0 atom stereocenters. The minimum Gasteiger partial charge on any atom is -0.355 e. The van der Waals surface area contributed by atoms with Crippen LogP contribution in [0.4, 0.5) is 5.69 Å². The quantitative estimate of drug-likeness (QED) is 0.834. The van der Waals surface area contributed by atoms with E-state index in [9.17, 15) is 9.59 Å². The Morgan fingerprint density at radius 2 is 1.91 bits per heavy atom. The standard InChI is InChI=1S/C18H21N3O2/c1-12(2)11-20-16(22)18(8-9-18)17(23)21-14-7-3-5-13-6-4-10-19-15(13)14/h3-7,10,12H,8-9,11H2,1-2H3,(H,20,22)(H,21,23). The van der Waals surface area contributed by atoms with Gasteiger partial charge in [-0.2, -0.15) is 0 Å². The molecule has 5 nitrogen and oxygen atoms in total. The molecule has 0 aliphatic heterocycles. The summed E-state index contributed by atoms with van der Waals surface area (Å²) in [5.74, 6) is -0.0473. The fourth-order valence-electron chi connectivity index (χ4n) is 2.60. The van der Waals surface area contributed by atoms with E-state index in [4.69, 9.17) is 0 Å². The van der Waals surface area contributed by atoms with E-state index >= 15 is 0 Å². The summed E-state index contributed by atoms with van der Waals surface area (Å²) in [6, 6.07) is 9.43. The first kappa shape index (κ1) is 15.5. The van der Waals surface area contributed by atoms with Crippen LogP contribution in [0.3, 0.4) is 0 Å². The second kappa shape index (κ2) is 5.99. The summed E-state index contributed by atoms with van der Waals surface area (Å²) in [7, 11) is 0. The Morgan fingerprint density at radius 1 is 1.17 bits per heavy atom. The first-order valence-corrected chi connectivity index (χ1v) is 7.96. The second-order valence-corrected chi connectivity index (χ2v) is 6.52.